The van der Waals surface area contributed by atoms with Gasteiger partial charge in [0.15, 0.2) is 5.82 Å². The largest absolute Gasteiger partial charge is 0.484 e. The van der Waals surface area contributed by atoms with Crippen molar-refractivity contribution in [3.63, 3.8) is 0 Å². The zero-order valence-corrected chi connectivity index (χ0v) is 19.0. The Morgan fingerprint density at radius 3 is 2.64 bits per heavy atom. The van der Waals surface area contributed by atoms with Crippen LogP contribution in [0.2, 0.25) is 5.02 Å². The summed E-state index contributed by atoms with van der Waals surface area (Å²) in [5.41, 5.74) is 0.158. The molecule has 2 aliphatic heterocycles. The third kappa shape index (κ3) is 4.44. The highest BCUT2D eigenvalue weighted by Crippen LogP contribution is 2.41. The van der Waals surface area contributed by atoms with Crippen LogP contribution in [-0.2, 0) is 5.41 Å². The predicted octanol–water partition coefficient (Wildman–Crippen LogP) is 3.93. The van der Waals surface area contributed by atoms with Gasteiger partial charge in [0.25, 0.3) is 0 Å². The van der Waals surface area contributed by atoms with Crippen molar-refractivity contribution in [1.29, 1.82) is 0 Å². The first-order chi connectivity index (χ1) is 15.8. The van der Waals surface area contributed by atoms with Crippen molar-refractivity contribution in [1.82, 2.24) is 19.9 Å². The van der Waals surface area contributed by atoms with Crippen molar-refractivity contribution in [2.24, 2.45) is 0 Å². The van der Waals surface area contributed by atoms with E-state index in [2.05, 4.69) is 22.4 Å². The number of para-hydroxylation sites is 1. The van der Waals surface area contributed by atoms with Crippen molar-refractivity contribution in [2.45, 2.75) is 50.0 Å². The number of carboxylic acid groups (broad SMARTS) is 1. The molecule has 3 amide bonds. The number of halogens is 1. The quantitative estimate of drug-likeness (QED) is 0.672. The summed E-state index contributed by atoms with van der Waals surface area (Å²) in [6, 6.07) is 4.86. The van der Waals surface area contributed by atoms with Crippen LogP contribution in [0.15, 0.2) is 22.7 Å². The van der Waals surface area contributed by atoms with Gasteiger partial charge < -0.3 is 29.5 Å². The second-order valence-electron chi connectivity index (χ2n) is 9.25. The first kappa shape index (κ1) is 21.8. The molecule has 3 heterocycles. The zero-order valence-electron chi connectivity index (χ0n) is 18.3. The number of anilines is 1. The van der Waals surface area contributed by atoms with Crippen LogP contribution < -0.4 is 10.1 Å². The molecule has 1 aliphatic carbocycles. The van der Waals surface area contributed by atoms with E-state index in [1.54, 1.807) is 23.1 Å². The molecule has 1 aromatic carbocycles. The molecule has 33 heavy (non-hydrogen) atoms. The fourth-order valence-electron chi connectivity index (χ4n) is 4.16. The molecule has 1 saturated carbocycles. The lowest BCUT2D eigenvalue weighted by Gasteiger charge is -2.38. The van der Waals surface area contributed by atoms with Crippen molar-refractivity contribution in [2.75, 3.05) is 31.5 Å². The van der Waals surface area contributed by atoms with Gasteiger partial charge in [-0.25, -0.2) is 9.59 Å². The Hall–Kier alpha value is -3.01. The van der Waals surface area contributed by atoms with E-state index in [0.29, 0.717) is 35.5 Å². The standard InChI is InChI=1S/C22H26ClN5O5/c1-22(19-25-18(33-26-19)13-5-6-13)7-9-27(10-8-22)20(29)24-17-15(23)3-2-4-16(17)32-14-11-28(12-14)21(30)31/h2-4,13-14H,5-12H2,1H3,(H,24,29)(H,30,31). The molecule has 3 fully saturated rings. The van der Waals surface area contributed by atoms with Crippen molar-refractivity contribution in [3.05, 3.63) is 34.9 Å². The number of ether oxygens (including phenoxy) is 1. The monoisotopic (exact) mass is 475 g/mol. The van der Waals surface area contributed by atoms with E-state index < -0.39 is 6.09 Å². The third-order valence-electron chi connectivity index (χ3n) is 6.68. The fourth-order valence-corrected chi connectivity index (χ4v) is 4.37. The second kappa shape index (κ2) is 8.40. The summed E-state index contributed by atoms with van der Waals surface area (Å²) < 4.78 is 11.3. The molecule has 3 aliphatic rings. The maximum absolute atomic E-state index is 13.0. The van der Waals surface area contributed by atoms with Gasteiger partial charge in [-0.2, -0.15) is 4.98 Å². The van der Waals surface area contributed by atoms with Gasteiger partial charge in [0.05, 0.1) is 18.1 Å². The number of benzene rings is 1. The highest BCUT2D eigenvalue weighted by molar-refractivity contribution is 6.34. The van der Waals surface area contributed by atoms with Gasteiger partial charge in [-0.3, -0.25) is 0 Å². The van der Waals surface area contributed by atoms with E-state index in [4.69, 9.17) is 26.0 Å². The number of piperidine rings is 1. The molecule has 1 aromatic heterocycles. The Labute approximate surface area is 195 Å². The van der Waals surface area contributed by atoms with Crippen LogP contribution in [0.1, 0.15) is 50.2 Å². The van der Waals surface area contributed by atoms with Gasteiger partial charge in [-0.1, -0.05) is 29.7 Å². The SMILES string of the molecule is CC1(c2noc(C3CC3)n2)CCN(C(=O)Nc2c(Cl)cccc2OC2CN(C(=O)O)C2)CC1. The first-order valence-corrected chi connectivity index (χ1v) is 11.5. The average Bonchev–Trinajstić information content (AvgIpc) is 3.48. The fraction of sp³-hybridized carbons (Fsp3) is 0.545. The number of aromatic nitrogens is 2. The zero-order chi connectivity index (χ0) is 23.2. The Kier molecular flexibility index (Phi) is 5.55. The number of amides is 3. The molecule has 5 rings (SSSR count). The number of carbonyl (C=O) groups excluding carboxylic acids is 1. The molecule has 11 heteroatoms. The molecule has 0 spiro atoms. The molecular formula is C22H26ClN5O5. The normalized spacial score (nSPS) is 20.3. The molecule has 0 radical (unpaired) electrons. The van der Waals surface area contributed by atoms with E-state index in [9.17, 15) is 9.59 Å². The number of carbonyl (C=O) groups is 2. The number of rotatable bonds is 5. The van der Waals surface area contributed by atoms with Crippen LogP contribution in [0.5, 0.6) is 5.75 Å². The van der Waals surface area contributed by atoms with Crippen molar-refractivity contribution in [3.8, 4) is 5.75 Å². The maximum atomic E-state index is 13.0. The molecule has 0 atom stereocenters. The highest BCUT2D eigenvalue weighted by Gasteiger charge is 2.39. The summed E-state index contributed by atoms with van der Waals surface area (Å²) in [5.74, 6) is 2.30. The van der Waals surface area contributed by atoms with E-state index in [0.717, 1.165) is 37.4 Å². The van der Waals surface area contributed by atoms with E-state index in [-0.39, 0.29) is 30.6 Å². The minimum Gasteiger partial charge on any atom is -0.484 e. The number of nitrogens with zero attached hydrogens (tertiary/aromatic N) is 4. The number of nitrogens with one attached hydrogen (secondary N) is 1. The van der Waals surface area contributed by atoms with E-state index >= 15 is 0 Å². The molecule has 2 N–H and O–H groups in total. The summed E-state index contributed by atoms with van der Waals surface area (Å²) in [5, 5.41) is 16.4. The Morgan fingerprint density at radius 1 is 1.24 bits per heavy atom. The number of hydrogen-bond donors (Lipinski definition) is 2. The van der Waals surface area contributed by atoms with Gasteiger partial charge in [0.2, 0.25) is 5.89 Å². The lowest BCUT2D eigenvalue weighted by molar-refractivity contribution is 0.0256. The number of hydrogen-bond acceptors (Lipinski definition) is 6. The lowest BCUT2D eigenvalue weighted by atomic mass is 9.80. The van der Waals surface area contributed by atoms with Gasteiger partial charge in [-0.05, 0) is 37.8 Å². The van der Waals surface area contributed by atoms with Gasteiger partial charge in [-0.15, -0.1) is 0 Å². The van der Waals surface area contributed by atoms with E-state index in [1.165, 1.54) is 4.90 Å². The van der Waals surface area contributed by atoms with Crippen LogP contribution in [0, 0.1) is 0 Å². The lowest BCUT2D eigenvalue weighted by Crippen LogP contribution is -2.55. The van der Waals surface area contributed by atoms with Crippen LogP contribution in [0.3, 0.4) is 0 Å². The average molecular weight is 476 g/mol. The highest BCUT2D eigenvalue weighted by atomic mass is 35.5. The minimum absolute atomic E-state index is 0.230. The Bertz CT molecular complexity index is 1060. The van der Waals surface area contributed by atoms with Gasteiger partial charge in [0.1, 0.15) is 17.5 Å². The first-order valence-electron chi connectivity index (χ1n) is 11.2. The van der Waals surface area contributed by atoms with Crippen molar-refractivity contribution < 1.29 is 24.0 Å². The van der Waals surface area contributed by atoms with E-state index in [1.807, 2.05) is 0 Å². The van der Waals surface area contributed by atoms with Crippen LogP contribution in [-0.4, -0.2) is 69.5 Å². The molecule has 2 saturated heterocycles. The van der Waals surface area contributed by atoms with Crippen LogP contribution in [0.4, 0.5) is 15.3 Å². The molecule has 10 nitrogen and oxygen atoms in total. The molecule has 0 bridgehead atoms. The van der Waals surface area contributed by atoms with Gasteiger partial charge in [0, 0.05) is 24.4 Å². The molecule has 176 valence electrons. The van der Waals surface area contributed by atoms with Crippen LogP contribution >= 0.6 is 11.6 Å². The molecule has 2 aromatic rings. The maximum Gasteiger partial charge on any atom is 0.407 e. The Balaban J connectivity index is 1.20. The van der Waals surface area contributed by atoms with Crippen LogP contribution in [0.25, 0.3) is 0 Å². The number of urea groups is 1. The van der Waals surface area contributed by atoms with Gasteiger partial charge >= 0.3 is 12.1 Å². The summed E-state index contributed by atoms with van der Waals surface area (Å²) >= 11 is 6.35. The van der Waals surface area contributed by atoms with Crippen molar-refractivity contribution >= 4 is 29.4 Å². The smallest absolute Gasteiger partial charge is 0.407 e. The predicted molar refractivity (Wildman–Crippen MR) is 119 cm³/mol. The summed E-state index contributed by atoms with van der Waals surface area (Å²) in [6.07, 6.45) is 2.42. The third-order valence-corrected chi connectivity index (χ3v) is 7.00. The number of likely N-dealkylation sites (tertiary alicyclic amines) is 2. The molecular weight excluding hydrogens is 450 g/mol. The Morgan fingerprint density at radius 2 is 1.97 bits per heavy atom. The minimum atomic E-state index is -0.976. The summed E-state index contributed by atoms with van der Waals surface area (Å²) in [6.45, 7) is 3.76. The topological polar surface area (TPSA) is 121 Å². The summed E-state index contributed by atoms with van der Waals surface area (Å²) in [7, 11) is 0. The summed E-state index contributed by atoms with van der Waals surface area (Å²) in [4.78, 5) is 31.6. The second-order valence-corrected chi connectivity index (χ2v) is 9.66. The molecule has 0 unspecified atom stereocenters.